The first kappa shape index (κ1) is 15.8. The number of hydrogen-bond donors (Lipinski definition) is 3. The fourth-order valence-corrected chi connectivity index (χ4v) is 1.41. The molecular formula is C13H17NO6. The van der Waals surface area contributed by atoms with E-state index < -0.39 is 24.0 Å². The smallest absolute Gasteiger partial charge is 0.337 e. The summed E-state index contributed by atoms with van der Waals surface area (Å²) in [5, 5.41) is 20.6. The number of benzene rings is 1. The Morgan fingerprint density at radius 3 is 2.45 bits per heavy atom. The molecule has 0 aliphatic carbocycles. The van der Waals surface area contributed by atoms with Crippen molar-refractivity contribution in [1.82, 2.24) is 5.32 Å². The summed E-state index contributed by atoms with van der Waals surface area (Å²) in [6.07, 6.45) is 0. The van der Waals surface area contributed by atoms with Crippen LogP contribution < -0.4 is 14.8 Å². The van der Waals surface area contributed by atoms with Crippen molar-refractivity contribution in [2.75, 3.05) is 20.8 Å². The lowest BCUT2D eigenvalue weighted by molar-refractivity contribution is -0.155. The average molecular weight is 283 g/mol. The predicted octanol–water partition coefficient (Wildman–Crippen LogP) is 0.269. The second kappa shape index (κ2) is 6.25. The Hall–Kier alpha value is -2.28. The SMILES string of the molecule is COc1ccc(OC)c(C(=O)NCC(C)(O)C(=O)O)c1. The summed E-state index contributed by atoms with van der Waals surface area (Å²) in [7, 11) is 2.87. The number of carbonyl (C=O) groups is 2. The van der Waals surface area contributed by atoms with Gasteiger partial charge in [-0.25, -0.2) is 4.79 Å². The van der Waals surface area contributed by atoms with Gasteiger partial charge in [-0.15, -0.1) is 0 Å². The minimum atomic E-state index is -2.04. The maximum atomic E-state index is 12.0. The second-order valence-corrected chi connectivity index (χ2v) is 4.33. The Balaban J connectivity index is 2.89. The number of carboxylic acids is 1. The number of carbonyl (C=O) groups excluding carboxylic acids is 1. The molecule has 1 unspecified atom stereocenters. The number of hydrogen-bond acceptors (Lipinski definition) is 5. The molecule has 0 aromatic heterocycles. The molecule has 0 bridgehead atoms. The van der Waals surface area contributed by atoms with Gasteiger partial charge in [-0.05, 0) is 25.1 Å². The number of carboxylic acid groups (broad SMARTS) is 1. The number of rotatable bonds is 6. The van der Waals surface area contributed by atoms with Gasteiger partial charge in [0.05, 0.1) is 26.3 Å². The van der Waals surface area contributed by atoms with Crippen molar-refractivity contribution in [3.8, 4) is 11.5 Å². The number of ether oxygens (including phenoxy) is 2. The van der Waals surface area contributed by atoms with Gasteiger partial charge < -0.3 is 25.0 Å². The van der Waals surface area contributed by atoms with Gasteiger partial charge >= 0.3 is 5.97 Å². The lowest BCUT2D eigenvalue weighted by Crippen LogP contribution is -2.46. The van der Waals surface area contributed by atoms with E-state index in [1.165, 1.54) is 20.3 Å². The first-order valence-electron chi connectivity index (χ1n) is 5.78. The van der Waals surface area contributed by atoms with Crippen molar-refractivity contribution in [2.24, 2.45) is 0 Å². The van der Waals surface area contributed by atoms with E-state index >= 15 is 0 Å². The molecule has 0 heterocycles. The minimum absolute atomic E-state index is 0.188. The third-order valence-electron chi connectivity index (χ3n) is 2.71. The van der Waals surface area contributed by atoms with Crippen molar-refractivity contribution in [3.63, 3.8) is 0 Å². The molecule has 1 atom stereocenters. The van der Waals surface area contributed by atoms with Crippen LogP contribution in [-0.2, 0) is 4.79 Å². The predicted molar refractivity (Wildman–Crippen MR) is 70.1 cm³/mol. The first-order chi connectivity index (χ1) is 9.31. The van der Waals surface area contributed by atoms with Crippen LogP contribution >= 0.6 is 0 Å². The van der Waals surface area contributed by atoms with Crippen LogP contribution in [0.1, 0.15) is 17.3 Å². The molecule has 0 radical (unpaired) electrons. The molecule has 0 aliphatic rings. The lowest BCUT2D eigenvalue weighted by atomic mass is 10.1. The second-order valence-electron chi connectivity index (χ2n) is 4.33. The fraction of sp³-hybridized carbons (Fsp3) is 0.385. The van der Waals surface area contributed by atoms with Crippen molar-refractivity contribution < 1.29 is 29.3 Å². The fourth-order valence-electron chi connectivity index (χ4n) is 1.41. The lowest BCUT2D eigenvalue weighted by Gasteiger charge is -2.19. The third kappa shape index (κ3) is 3.61. The Bertz CT molecular complexity index is 512. The van der Waals surface area contributed by atoms with E-state index in [1.54, 1.807) is 12.1 Å². The van der Waals surface area contributed by atoms with Crippen molar-refractivity contribution in [3.05, 3.63) is 23.8 Å². The summed E-state index contributed by atoms with van der Waals surface area (Å²) in [6, 6.07) is 4.65. The molecule has 0 saturated heterocycles. The third-order valence-corrected chi connectivity index (χ3v) is 2.71. The van der Waals surface area contributed by atoms with E-state index in [1.807, 2.05) is 0 Å². The molecule has 3 N–H and O–H groups in total. The van der Waals surface area contributed by atoms with Gasteiger partial charge in [0.1, 0.15) is 11.5 Å². The minimum Gasteiger partial charge on any atom is -0.497 e. The standard InChI is InChI=1S/C13H17NO6/c1-13(18,12(16)17)7-14-11(15)9-6-8(19-2)4-5-10(9)20-3/h4-6,18H,7H2,1-3H3,(H,14,15)(H,16,17). The number of methoxy groups -OCH3 is 2. The quantitative estimate of drug-likeness (QED) is 0.692. The van der Waals surface area contributed by atoms with Gasteiger partial charge in [0.25, 0.3) is 5.91 Å². The number of nitrogens with one attached hydrogen (secondary N) is 1. The van der Waals surface area contributed by atoms with Crippen LogP contribution in [0.15, 0.2) is 18.2 Å². The summed E-state index contributed by atoms with van der Waals surface area (Å²) < 4.78 is 10.1. The number of amides is 1. The molecule has 1 aromatic carbocycles. The summed E-state index contributed by atoms with van der Waals surface area (Å²) in [5.74, 6) is -1.21. The molecule has 0 saturated carbocycles. The van der Waals surface area contributed by atoms with E-state index in [-0.39, 0.29) is 5.56 Å². The van der Waals surface area contributed by atoms with Gasteiger partial charge in [0, 0.05) is 0 Å². The van der Waals surface area contributed by atoms with E-state index in [0.717, 1.165) is 6.92 Å². The highest BCUT2D eigenvalue weighted by atomic mass is 16.5. The van der Waals surface area contributed by atoms with Crippen LogP contribution in [0.3, 0.4) is 0 Å². The average Bonchev–Trinajstić information content (AvgIpc) is 2.43. The van der Waals surface area contributed by atoms with Crippen LogP contribution in [0.4, 0.5) is 0 Å². The van der Waals surface area contributed by atoms with E-state index in [9.17, 15) is 14.7 Å². The summed E-state index contributed by atoms with van der Waals surface area (Å²) in [5.41, 5.74) is -1.85. The highest BCUT2D eigenvalue weighted by molar-refractivity contribution is 5.97. The zero-order valence-electron chi connectivity index (χ0n) is 11.5. The molecule has 1 rings (SSSR count). The van der Waals surface area contributed by atoms with Crippen molar-refractivity contribution in [2.45, 2.75) is 12.5 Å². The molecule has 110 valence electrons. The Morgan fingerprint density at radius 2 is 1.95 bits per heavy atom. The van der Waals surface area contributed by atoms with Gasteiger partial charge in [0.2, 0.25) is 0 Å². The molecule has 20 heavy (non-hydrogen) atoms. The van der Waals surface area contributed by atoms with Crippen LogP contribution in [-0.4, -0.2) is 48.5 Å². The Morgan fingerprint density at radius 1 is 1.30 bits per heavy atom. The Labute approximate surface area is 116 Å². The van der Waals surface area contributed by atoms with Gasteiger partial charge in [-0.3, -0.25) is 4.79 Å². The van der Waals surface area contributed by atoms with E-state index in [2.05, 4.69) is 5.32 Å². The van der Waals surface area contributed by atoms with E-state index in [0.29, 0.717) is 11.5 Å². The molecule has 0 aliphatic heterocycles. The highest BCUT2D eigenvalue weighted by Gasteiger charge is 2.30. The van der Waals surface area contributed by atoms with Crippen LogP contribution in [0.5, 0.6) is 11.5 Å². The van der Waals surface area contributed by atoms with Gasteiger partial charge in [-0.2, -0.15) is 0 Å². The molecule has 7 heteroatoms. The molecule has 0 fully saturated rings. The summed E-state index contributed by atoms with van der Waals surface area (Å²) in [6.45, 7) is 0.667. The zero-order chi connectivity index (χ0) is 15.3. The van der Waals surface area contributed by atoms with Crippen molar-refractivity contribution >= 4 is 11.9 Å². The summed E-state index contributed by atoms with van der Waals surface area (Å²) in [4.78, 5) is 22.8. The monoisotopic (exact) mass is 283 g/mol. The van der Waals surface area contributed by atoms with Crippen LogP contribution in [0.25, 0.3) is 0 Å². The number of aliphatic hydroxyl groups is 1. The molecular weight excluding hydrogens is 266 g/mol. The topological polar surface area (TPSA) is 105 Å². The van der Waals surface area contributed by atoms with Gasteiger partial charge in [-0.1, -0.05) is 0 Å². The zero-order valence-corrected chi connectivity index (χ0v) is 11.5. The molecule has 7 nitrogen and oxygen atoms in total. The van der Waals surface area contributed by atoms with Crippen LogP contribution in [0.2, 0.25) is 0 Å². The van der Waals surface area contributed by atoms with Crippen LogP contribution in [0, 0.1) is 0 Å². The maximum absolute atomic E-state index is 12.0. The largest absolute Gasteiger partial charge is 0.497 e. The van der Waals surface area contributed by atoms with Crippen molar-refractivity contribution in [1.29, 1.82) is 0 Å². The first-order valence-corrected chi connectivity index (χ1v) is 5.78. The molecule has 1 amide bonds. The normalized spacial score (nSPS) is 13.2. The highest BCUT2D eigenvalue weighted by Crippen LogP contribution is 2.23. The maximum Gasteiger partial charge on any atom is 0.337 e. The van der Waals surface area contributed by atoms with E-state index in [4.69, 9.17) is 14.6 Å². The Kier molecular flexibility index (Phi) is 4.93. The van der Waals surface area contributed by atoms with Gasteiger partial charge in [0.15, 0.2) is 5.60 Å². The summed E-state index contributed by atoms with van der Waals surface area (Å²) >= 11 is 0. The molecule has 0 spiro atoms. The number of aliphatic carboxylic acids is 1. The molecule has 1 aromatic rings.